The summed E-state index contributed by atoms with van der Waals surface area (Å²) < 4.78 is 5.33. The van der Waals surface area contributed by atoms with E-state index in [2.05, 4.69) is 15.5 Å². The summed E-state index contributed by atoms with van der Waals surface area (Å²) in [5, 5.41) is 5.95. The first-order valence-corrected chi connectivity index (χ1v) is 10.0. The number of methoxy groups -OCH3 is 1. The Kier molecular flexibility index (Phi) is 7.25. The van der Waals surface area contributed by atoms with E-state index in [-0.39, 0.29) is 17.7 Å². The van der Waals surface area contributed by atoms with Crippen molar-refractivity contribution in [2.45, 2.75) is 26.3 Å². The topological polar surface area (TPSA) is 70.7 Å². The molecule has 6 heteroatoms. The summed E-state index contributed by atoms with van der Waals surface area (Å²) in [6.07, 6.45) is 1.52. The van der Waals surface area contributed by atoms with Crippen LogP contribution in [0.5, 0.6) is 5.75 Å². The number of anilines is 1. The molecule has 1 heterocycles. The second-order valence-electron chi connectivity index (χ2n) is 7.49. The first-order chi connectivity index (χ1) is 14.0. The minimum Gasteiger partial charge on any atom is -0.496 e. The number of rotatable bonds is 7. The van der Waals surface area contributed by atoms with Crippen molar-refractivity contribution < 1.29 is 14.3 Å². The van der Waals surface area contributed by atoms with Gasteiger partial charge in [0, 0.05) is 23.7 Å². The molecule has 154 valence electrons. The van der Waals surface area contributed by atoms with Crippen LogP contribution in [0.25, 0.3) is 0 Å². The van der Waals surface area contributed by atoms with Crippen molar-refractivity contribution >= 4 is 17.5 Å². The fraction of sp³-hybridized carbons (Fsp3) is 0.391. The molecule has 0 saturated carbocycles. The molecular formula is C23H29N3O3. The van der Waals surface area contributed by atoms with Gasteiger partial charge < -0.3 is 15.4 Å². The molecule has 2 N–H and O–H groups in total. The van der Waals surface area contributed by atoms with Crippen LogP contribution >= 0.6 is 0 Å². The average molecular weight is 396 g/mol. The summed E-state index contributed by atoms with van der Waals surface area (Å²) in [4.78, 5) is 26.9. The lowest BCUT2D eigenvalue weighted by molar-refractivity contribution is -0.126. The van der Waals surface area contributed by atoms with Gasteiger partial charge in [0.05, 0.1) is 13.7 Å². The average Bonchev–Trinajstić information content (AvgIpc) is 2.74. The van der Waals surface area contributed by atoms with Gasteiger partial charge in [0.1, 0.15) is 5.75 Å². The lowest BCUT2D eigenvalue weighted by Gasteiger charge is -2.30. The van der Waals surface area contributed by atoms with Crippen LogP contribution in [-0.4, -0.2) is 43.5 Å². The maximum atomic E-state index is 12.5. The molecule has 6 nitrogen and oxygen atoms in total. The molecule has 2 aromatic rings. The molecule has 0 aromatic heterocycles. The Labute approximate surface area is 172 Å². The van der Waals surface area contributed by atoms with E-state index < -0.39 is 0 Å². The second-order valence-corrected chi connectivity index (χ2v) is 7.49. The van der Waals surface area contributed by atoms with Gasteiger partial charge in [-0.15, -0.1) is 0 Å². The zero-order valence-electron chi connectivity index (χ0n) is 17.1. The number of hydrogen-bond acceptors (Lipinski definition) is 4. The highest BCUT2D eigenvalue weighted by Gasteiger charge is 2.25. The summed E-state index contributed by atoms with van der Waals surface area (Å²) in [6.45, 7) is 4.32. The predicted molar refractivity (Wildman–Crippen MR) is 114 cm³/mol. The highest BCUT2D eigenvalue weighted by molar-refractivity contribution is 5.92. The predicted octanol–water partition coefficient (Wildman–Crippen LogP) is 2.97. The van der Waals surface area contributed by atoms with Gasteiger partial charge in [0.15, 0.2) is 0 Å². The molecule has 1 aliphatic rings. The fourth-order valence-electron chi connectivity index (χ4n) is 3.57. The third-order valence-corrected chi connectivity index (χ3v) is 5.31. The number of likely N-dealkylation sites (tertiary alicyclic amines) is 1. The maximum absolute atomic E-state index is 12.5. The normalized spacial score (nSPS) is 15.0. The largest absolute Gasteiger partial charge is 0.496 e. The second kappa shape index (κ2) is 10.1. The third-order valence-electron chi connectivity index (χ3n) is 5.31. The highest BCUT2D eigenvalue weighted by Crippen LogP contribution is 2.20. The molecular weight excluding hydrogens is 366 g/mol. The molecule has 3 rings (SSSR count). The summed E-state index contributed by atoms with van der Waals surface area (Å²) in [5.74, 6) is 0.816. The number of carbonyl (C=O) groups excluding carboxylic acids is 2. The van der Waals surface area contributed by atoms with E-state index in [1.807, 2.05) is 55.5 Å². The number of ether oxygens (including phenoxy) is 1. The molecule has 29 heavy (non-hydrogen) atoms. The Bertz CT molecular complexity index is 828. The number of nitrogens with zero attached hydrogens (tertiary/aromatic N) is 1. The fourth-order valence-corrected chi connectivity index (χ4v) is 3.57. The Morgan fingerprint density at radius 1 is 1.07 bits per heavy atom. The van der Waals surface area contributed by atoms with Crippen molar-refractivity contribution in [3.8, 4) is 5.75 Å². The van der Waals surface area contributed by atoms with Crippen LogP contribution in [0, 0.1) is 12.8 Å². The van der Waals surface area contributed by atoms with Crippen molar-refractivity contribution in [1.82, 2.24) is 10.2 Å². The SMILES string of the molecule is COc1ccccc1CNC(=O)C1CCN(CC(=O)Nc2ccc(C)cc2)CC1. The molecule has 0 aliphatic carbocycles. The van der Waals surface area contributed by atoms with Gasteiger partial charge in [0.2, 0.25) is 11.8 Å². The number of hydrogen-bond donors (Lipinski definition) is 2. The zero-order chi connectivity index (χ0) is 20.6. The summed E-state index contributed by atoms with van der Waals surface area (Å²) in [5.41, 5.74) is 2.94. The minimum absolute atomic E-state index is 0.0129. The van der Waals surface area contributed by atoms with Gasteiger partial charge >= 0.3 is 0 Å². The number of carbonyl (C=O) groups is 2. The number of benzene rings is 2. The Balaban J connectivity index is 1.40. The summed E-state index contributed by atoms with van der Waals surface area (Å²) in [6, 6.07) is 15.5. The molecule has 0 radical (unpaired) electrons. The first kappa shape index (κ1) is 20.9. The van der Waals surface area contributed by atoms with Crippen molar-refractivity contribution in [2.75, 3.05) is 32.1 Å². The molecule has 2 aromatic carbocycles. The summed E-state index contributed by atoms with van der Waals surface area (Å²) in [7, 11) is 1.63. The van der Waals surface area contributed by atoms with Gasteiger partial charge in [-0.3, -0.25) is 14.5 Å². The van der Waals surface area contributed by atoms with Crippen molar-refractivity contribution in [3.05, 3.63) is 59.7 Å². The Hall–Kier alpha value is -2.86. The van der Waals surface area contributed by atoms with Gasteiger partial charge in [-0.2, -0.15) is 0 Å². The smallest absolute Gasteiger partial charge is 0.238 e. The van der Waals surface area contributed by atoms with Gasteiger partial charge in [0.25, 0.3) is 0 Å². The maximum Gasteiger partial charge on any atom is 0.238 e. The number of amides is 2. The summed E-state index contributed by atoms with van der Waals surface area (Å²) >= 11 is 0. The van der Waals surface area contributed by atoms with Gasteiger partial charge in [-0.25, -0.2) is 0 Å². The van der Waals surface area contributed by atoms with E-state index in [9.17, 15) is 9.59 Å². The molecule has 0 spiro atoms. The van der Waals surface area contributed by atoms with Crippen molar-refractivity contribution in [2.24, 2.45) is 5.92 Å². The Morgan fingerprint density at radius 2 is 1.76 bits per heavy atom. The highest BCUT2D eigenvalue weighted by atomic mass is 16.5. The zero-order valence-corrected chi connectivity index (χ0v) is 17.1. The third kappa shape index (κ3) is 6.06. The molecule has 0 atom stereocenters. The van der Waals surface area contributed by atoms with Crippen LogP contribution < -0.4 is 15.4 Å². The van der Waals surface area contributed by atoms with Crippen LogP contribution in [0.2, 0.25) is 0 Å². The quantitative estimate of drug-likeness (QED) is 0.756. The standard InChI is InChI=1S/C23H29N3O3/c1-17-7-9-20(10-8-17)25-22(27)16-26-13-11-18(12-14-26)23(28)24-15-19-5-3-4-6-21(19)29-2/h3-10,18H,11-16H2,1-2H3,(H,24,28)(H,25,27). The molecule has 1 saturated heterocycles. The number of para-hydroxylation sites is 1. The van der Waals surface area contributed by atoms with Crippen LogP contribution in [-0.2, 0) is 16.1 Å². The molecule has 0 unspecified atom stereocenters. The van der Waals surface area contributed by atoms with E-state index in [1.54, 1.807) is 7.11 Å². The van der Waals surface area contributed by atoms with Gasteiger partial charge in [-0.05, 0) is 51.1 Å². The van der Waals surface area contributed by atoms with E-state index >= 15 is 0 Å². The van der Waals surface area contributed by atoms with Crippen LogP contribution in [0.1, 0.15) is 24.0 Å². The monoisotopic (exact) mass is 395 g/mol. The van der Waals surface area contributed by atoms with Crippen molar-refractivity contribution in [3.63, 3.8) is 0 Å². The van der Waals surface area contributed by atoms with Crippen molar-refractivity contribution in [1.29, 1.82) is 0 Å². The number of piperidine rings is 1. The van der Waals surface area contributed by atoms with Gasteiger partial charge in [-0.1, -0.05) is 35.9 Å². The van der Waals surface area contributed by atoms with E-state index in [1.165, 1.54) is 0 Å². The minimum atomic E-state index is -0.0204. The van der Waals surface area contributed by atoms with E-state index in [4.69, 9.17) is 4.74 Å². The van der Waals surface area contributed by atoms with Crippen LogP contribution in [0.4, 0.5) is 5.69 Å². The van der Waals surface area contributed by atoms with E-state index in [0.29, 0.717) is 13.1 Å². The van der Waals surface area contributed by atoms with E-state index in [0.717, 1.165) is 48.5 Å². The Morgan fingerprint density at radius 3 is 2.45 bits per heavy atom. The lowest BCUT2D eigenvalue weighted by atomic mass is 9.96. The van der Waals surface area contributed by atoms with Crippen LogP contribution in [0.15, 0.2) is 48.5 Å². The molecule has 1 aliphatic heterocycles. The molecule has 1 fully saturated rings. The number of aryl methyl sites for hydroxylation is 1. The van der Waals surface area contributed by atoms with Crippen LogP contribution in [0.3, 0.4) is 0 Å². The first-order valence-electron chi connectivity index (χ1n) is 10.0. The number of nitrogens with one attached hydrogen (secondary N) is 2. The molecule has 2 amide bonds. The molecule has 0 bridgehead atoms. The lowest BCUT2D eigenvalue weighted by Crippen LogP contribution is -2.43.